The first-order chi connectivity index (χ1) is 13.0. The number of para-hydroxylation sites is 1. The van der Waals surface area contributed by atoms with Crippen molar-refractivity contribution in [1.82, 2.24) is 19.5 Å². The van der Waals surface area contributed by atoms with Crippen LogP contribution in [-0.4, -0.2) is 19.5 Å². The summed E-state index contributed by atoms with van der Waals surface area (Å²) >= 11 is 0. The molecule has 0 radical (unpaired) electrons. The summed E-state index contributed by atoms with van der Waals surface area (Å²) in [6, 6.07) is 12.2. The number of pyridine rings is 1. The molecule has 27 heavy (non-hydrogen) atoms. The van der Waals surface area contributed by atoms with Crippen LogP contribution in [0.2, 0.25) is 0 Å². The van der Waals surface area contributed by atoms with Crippen molar-refractivity contribution in [2.24, 2.45) is 0 Å². The summed E-state index contributed by atoms with van der Waals surface area (Å²) in [6.45, 7) is 5.99. The average Bonchev–Trinajstić information content (AvgIpc) is 3.08. The van der Waals surface area contributed by atoms with Crippen LogP contribution in [0.15, 0.2) is 55.0 Å². The lowest BCUT2D eigenvalue weighted by molar-refractivity contribution is 0.469. The number of ether oxygens (including phenoxy) is 1. The number of nitrogens with zero attached hydrogens (tertiary/aromatic N) is 4. The van der Waals surface area contributed by atoms with Gasteiger partial charge in [-0.2, -0.15) is 0 Å². The van der Waals surface area contributed by atoms with Crippen LogP contribution in [0.1, 0.15) is 31.2 Å². The van der Waals surface area contributed by atoms with Crippen molar-refractivity contribution in [3.8, 4) is 17.3 Å². The van der Waals surface area contributed by atoms with Crippen LogP contribution in [0.5, 0.6) is 11.5 Å². The smallest absolute Gasteiger partial charge is 0.187 e. The van der Waals surface area contributed by atoms with E-state index in [0.717, 1.165) is 22.3 Å². The van der Waals surface area contributed by atoms with E-state index in [9.17, 15) is 0 Å². The molecule has 4 aromatic rings. The van der Waals surface area contributed by atoms with Gasteiger partial charge in [-0.05, 0) is 30.4 Å². The predicted molar refractivity (Wildman–Crippen MR) is 106 cm³/mol. The largest absolute Gasteiger partial charge is 0.451 e. The molecular weight excluding hydrogens is 338 g/mol. The Morgan fingerprint density at radius 2 is 1.85 bits per heavy atom. The Bertz CT molecular complexity index is 1120. The number of hydrogen-bond donors (Lipinski definition) is 1. The zero-order valence-corrected chi connectivity index (χ0v) is 15.5. The fourth-order valence-corrected chi connectivity index (χ4v) is 3.05. The third-order valence-electron chi connectivity index (χ3n) is 4.47. The summed E-state index contributed by atoms with van der Waals surface area (Å²) in [4.78, 5) is 13.0. The molecule has 136 valence electrons. The van der Waals surface area contributed by atoms with Gasteiger partial charge < -0.3 is 15.0 Å². The fourth-order valence-electron chi connectivity index (χ4n) is 3.05. The van der Waals surface area contributed by atoms with E-state index in [-0.39, 0.29) is 5.92 Å². The molecule has 2 N–H and O–H groups in total. The Labute approximate surface area is 157 Å². The number of aryl methyl sites for hydroxylation is 1. The highest BCUT2D eigenvalue weighted by Crippen LogP contribution is 2.33. The molecule has 0 fully saturated rings. The van der Waals surface area contributed by atoms with E-state index in [4.69, 9.17) is 10.5 Å². The number of anilines is 1. The molecule has 1 aromatic carbocycles. The van der Waals surface area contributed by atoms with Crippen molar-refractivity contribution >= 4 is 16.7 Å². The molecule has 0 spiro atoms. The Hall–Kier alpha value is -3.41. The Morgan fingerprint density at radius 3 is 2.63 bits per heavy atom. The number of aromatic nitrogens is 4. The molecule has 0 aliphatic rings. The molecule has 4 rings (SSSR count). The quantitative estimate of drug-likeness (QED) is 0.575. The van der Waals surface area contributed by atoms with Crippen LogP contribution in [0.4, 0.5) is 5.82 Å². The predicted octanol–water partition coefficient (Wildman–Crippen LogP) is 4.62. The van der Waals surface area contributed by atoms with Gasteiger partial charge in [-0.3, -0.25) is 0 Å². The van der Waals surface area contributed by atoms with Crippen LogP contribution < -0.4 is 10.5 Å². The second-order valence-electron chi connectivity index (χ2n) is 6.75. The van der Waals surface area contributed by atoms with Gasteiger partial charge >= 0.3 is 0 Å². The first-order valence-electron chi connectivity index (χ1n) is 8.86. The van der Waals surface area contributed by atoms with Crippen molar-refractivity contribution in [2.75, 3.05) is 5.73 Å². The van der Waals surface area contributed by atoms with Crippen molar-refractivity contribution in [3.05, 3.63) is 66.4 Å². The highest BCUT2D eigenvalue weighted by atomic mass is 16.5. The summed E-state index contributed by atoms with van der Waals surface area (Å²) in [7, 11) is 0. The van der Waals surface area contributed by atoms with Gasteiger partial charge in [-0.1, -0.05) is 32.0 Å². The van der Waals surface area contributed by atoms with Gasteiger partial charge in [0.05, 0.1) is 11.7 Å². The zero-order valence-electron chi connectivity index (χ0n) is 15.5. The monoisotopic (exact) mass is 359 g/mol. The lowest BCUT2D eigenvalue weighted by Crippen LogP contribution is -2.03. The number of hydrogen-bond acceptors (Lipinski definition) is 5. The maximum atomic E-state index is 6.10. The van der Waals surface area contributed by atoms with E-state index in [2.05, 4.69) is 47.0 Å². The first-order valence-corrected chi connectivity index (χ1v) is 8.86. The molecule has 0 aliphatic carbocycles. The second kappa shape index (κ2) is 6.72. The average molecular weight is 359 g/mol. The number of benzene rings is 1. The lowest BCUT2D eigenvalue weighted by Gasteiger charge is -2.16. The van der Waals surface area contributed by atoms with Crippen molar-refractivity contribution in [3.63, 3.8) is 0 Å². The molecule has 3 heterocycles. The molecule has 0 unspecified atom stereocenters. The van der Waals surface area contributed by atoms with E-state index >= 15 is 0 Å². The standard InChI is InChI=1S/C21H21N5O/c1-13(2)16-11-24-20(26-9-8-15-6-4-5-7-17(15)26)10-18(16)27-19-12-23-14(3)25-21(19)22/h4-13H,1-3H3,(H2,22,23,25). The number of rotatable bonds is 4. The first kappa shape index (κ1) is 17.0. The van der Waals surface area contributed by atoms with Crippen molar-refractivity contribution < 1.29 is 4.74 Å². The topological polar surface area (TPSA) is 78.8 Å². The van der Waals surface area contributed by atoms with Crippen molar-refractivity contribution in [2.45, 2.75) is 26.7 Å². The van der Waals surface area contributed by atoms with Gasteiger partial charge in [0.15, 0.2) is 11.6 Å². The van der Waals surface area contributed by atoms with Gasteiger partial charge in [0.1, 0.15) is 17.4 Å². The van der Waals surface area contributed by atoms with Crippen LogP contribution >= 0.6 is 0 Å². The van der Waals surface area contributed by atoms with E-state index in [1.165, 1.54) is 0 Å². The molecule has 0 bridgehead atoms. The molecule has 6 heteroatoms. The summed E-state index contributed by atoms with van der Waals surface area (Å²) < 4.78 is 8.15. The van der Waals surface area contributed by atoms with Crippen LogP contribution in [-0.2, 0) is 0 Å². The molecular formula is C21H21N5O. The Kier molecular flexibility index (Phi) is 4.24. The van der Waals surface area contributed by atoms with E-state index in [1.54, 1.807) is 13.1 Å². The number of nitrogens with two attached hydrogens (primary N) is 1. The van der Waals surface area contributed by atoms with Gasteiger partial charge in [0.2, 0.25) is 0 Å². The summed E-state index contributed by atoms with van der Waals surface area (Å²) in [5, 5.41) is 1.16. The maximum absolute atomic E-state index is 6.10. The highest BCUT2D eigenvalue weighted by molar-refractivity contribution is 5.81. The van der Waals surface area contributed by atoms with Gasteiger partial charge in [-0.15, -0.1) is 0 Å². The van der Waals surface area contributed by atoms with Crippen LogP contribution in [0, 0.1) is 6.92 Å². The SMILES string of the molecule is Cc1ncc(Oc2cc(-n3ccc4ccccc43)ncc2C(C)C)c(N)n1. The maximum Gasteiger partial charge on any atom is 0.187 e. The van der Waals surface area contributed by atoms with Crippen molar-refractivity contribution in [1.29, 1.82) is 0 Å². The summed E-state index contributed by atoms with van der Waals surface area (Å²) in [5.41, 5.74) is 8.09. The molecule has 0 saturated heterocycles. The third kappa shape index (κ3) is 3.21. The molecule has 3 aromatic heterocycles. The normalized spacial score (nSPS) is 11.3. The Morgan fingerprint density at radius 1 is 1.04 bits per heavy atom. The van der Waals surface area contributed by atoms with Crippen LogP contribution in [0.3, 0.4) is 0 Å². The summed E-state index contributed by atoms with van der Waals surface area (Å²) in [5.74, 6) is 3.10. The minimum atomic E-state index is 0.246. The van der Waals surface area contributed by atoms with E-state index in [1.807, 2.05) is 35.2 Å². The third-order valence-corrected chi connectivity index (χ3v) is 4.47. The summed E-state index contributed by atoms with van der Waals surface area (Å²) in [6.07, 6.45) is 5.47. The minimum absolute atomic E-state index is 0.246. The second-order valence-corrected chi connectivity index (χ2v) is 6.75. The molecule has 0 atom stereocenters. The number of fused-ring (bicyclic) bond motifs is 1. The highest BCUT2D eigenvalue weighted by Gasteiger charge is 2.15. The lowest BCUT2D eigenvalue weighted by atomic mass is 10.0. The fraction of sp³-hybridized carbons (Fsp3) is 0.190. The zero-order chi connectivity index (χ0) is 19.0. The Balaban J connectivity index is 1.81. The van der Waals surface area contributed by atoms with E-state index < -0.39 is 0 Å². The van der Waals surface area contributed by atoms with Gasteiger partial charge in [0.25, 0.3) is 0 Å². The molecule has 0 saturated carbocycles. The van der Waals surface area contributed by atoms with E-state index in [0.29, 0.717) is 23.1 Å². The molecule has 0 aliphatic heterocycles. The molecule has 6 nitrogen and oxygen atoms in total. The minimum Gasteiger partial charge on any atom is -0.451 e. The number of nitrogen functional groups attached to an aromatic ring is 1. The van der Waals surface area contributed by atoms with Gasteiger partial charge in [-0.25, -0.2) is 15.0 Å². The van der Waals surface area contributed by atoms with Gasteiger partial charge in [0, 0.05) is 24.0 Å². The molecule has 0 amide bonds. The van der Waals surface area contributed by atoms with Crippen LogP contribution in [0.25, 0.3) is 16.7 Å².